The molecule has 0 saturated carbocycles. The molecule has 2 aromatic carbocycles. The van der Waals surface area contributed by atoms with Crippen LogP contribution in [0, 0.1) is 0 Å². The maximum Gasteiger partial charge on any atom is 0.154 e. The first kappa shape index (κ1) is 12.6. The zero-order chi connectivity index (χ0) is 13.0. The molecule has 3 heteroatoms. The average Bonchev–Trinajstić information content (AvgIpc) is 2.37. The third kappa shape index (κ3) is 3.09. The lowest BCUT2D eigenvalue weighted by atomic mass is 9.99. The third-order valence-electron chi connectivity index (χ3n) is 2.66. The molecule has 0 bridgehead atoms. The van der Waals surface area contributed by atoms with Crippen LogP contribution in [-0.4, -0.2) is 5.66 Å². The number of hydrogen-bond donors (Lipinski definition) is 2. The molecule has 0 aromatic heterocycles. The van der Waals surface area contributed by atoms with Crippen LogP contribution in [0.1, 0.15) is 18.6 Å². The second-order valence-electron chi connectivity index (χ2n) is 4.59. The molecule has 0 fully saturated rings. The number of ether oxygens (including phenoxy) is 1. The van der Waals surface area contributed by atoms with Gasteiger partial charge in [0.15, 0.2) is 6.10 Å². The van der Waals surface area contributed by atoms with E-state index in [1.54, 1.807) is 6.92 Å². The molecule has 1 atom stereocenters. The minimum absolute atomic E-state index is 0.388. The van der Waals surface area contributed by atoms with E-state index >= 15 is 0 Å². The zero-order valence-electron chi connectivity index (χ0n) is 10.4. The Morgan fingerprint density at radius 2 is 1.39 bits per heavy atom. The fraction of sp³-hybridized carbons (Fsp3) is 0.200. The van der Waals surface area contributed by atoms with Gasteiger partial charge in [0.25, 0.3) is 0 Å². The summed E-state index contributed by atoms with van der Waals surface area (Å²) in [6.45, 7) is 1.76. The van der Waals surface area contributed by atoms with Crippen LogP contribution in [0.3, 0.4) is 0 Å². The molecule has 0 heterocycles. The molecular weight excluding hydrogens is 224 g/mol. The van der Waals surface area contributed by atoms with E-state index < -0.39 is 5.66 Å². The normalized spacial score (nSPS) is 13.1. The molecule has 0 aliphatic rings. The minimum atomic E-state index is -0.947. The highest BCUT2D eigenvalue weighted by Crippen LogP contribution is 2.26. The lowest BCUT2D eigenvalue weighted by Crippen LogP contribution is -2.53. The van der Waals surface area contributed by atoms with Gasteiger partial charge < -0.3 is 16.2 Å². The SMILES string of the molecule is CC(N)(N)C(Oc1ccccc1)c1ccccc1. The second kappa shape index (κ2) is 5.21. The summed E-state index contributed by atoms with van der Waals surface area (Å²) in [4.78, 5) is 0. The maximum atomic E-state index is 6.01. The van der Waals surface area contributed by atoms with E-state index in [0.717, 1.165) is 11.3 Å². The van der Waals surface area contributed by atoms with Gasteiger partial charge in [-0.1, -0.05) is 48.5 Å². The van der Waals surface area contributed by atoms with Gasteiger partial charge >= 0.3 is 0 Å². The highest BCUT2D eigenvalue weighted by Gasteiger charge is 2.29. The first-order valence-corrected chi connectivity index (χ1v) is 5.92. The molecule has 1 unspecified atom stereocenters. The fourth-order valence-electron chi connectivity index (χ4n) is 1.82. The van der Waals surface area contributed by atoms with Gasteiger partial charge in [0.1, 0.15) is 11.4 Å². The van der Waals surface area contributed by atoms with Crippen LogP contribution in [0.2, 0.25) is 0 Å². The van der Waals surface area contributed by atoms with Gasteiger partial charge in [0, 0.05) is 0 Å². The summed E-state index contributed by atoms with van der Waals surface area (Å²) in [7, 11) is 0. The van der Waals surface area contributed by atoms with Gasteiger partial charge in [-0.15, -0.1) is 0 Å². The molecule has 0 aliphatic carbocycles. The molecule has 18 heavy (non-hydrogen) atoms. The monoisotopic (exact) mass is 242 g/mol. The summed E-state index contributed by atoms with van der Waals surface area (Å²) in [5, 5.41) is 0. The van der Waals surface area contributed by atoms with Gasteiger partial charge in [-0.25, -0.2) is 0 Å². The van der Waals surface area contributed by atoms with Gasteiger partial charge in [0.2, 0.25) is 0 Å². The molecule has 94 valence electrons. The lowest BCUT2D eigenvalue weighted by molar-refractivity contribution is 0.123. The Labute approximate surface area is 107 Å². The van der Waals surface area contributed by atoms with Crippen molar-refractivity contribution in [3.8, 4) is 5.75 Å². The average molecular weight is 242 g/mol. The number of nitrogens with two attached hydrogens (primary N) is 2. The molecular formula is C15H18N2O. The maximum absolute atomic E-state index is 6.01. The van der Waals surface area contributed by atoms with Crippen molar-refractivity contribution in [1.29, 1.82) is 0 Å². The summed E-state index contributed by atoms with van der Waals surface area (Å²) >= 11 is 0. The molecule has 0 amide bonds. The Hall–Kier alpha value is -1.84. The Morgan fingerprint density at radius 1 is 0.889 bits per heavy atom. The van der Waals surface area contributed by atoms with Crippen LogP contribution in [-0.2, 0) is 0 Å². The van der Waals surface area contributed by atoms with Gasteiger partial charge in [-0.3, -0.25) is 0 Å². The molecule has 0 radical (unpaired) electrons. The summed E-state index contributed by atoms with van der Waals surface area (Å²) in [5.74, 6) is 0.758. The highest BCUT2D eigenvalue weighted by atomic mass is 16.5. The van der Waals surface area contributed by atoms with E-state index in [2.05, 4.69) is 0 Å². The summed E-state index contributed by atoms with van der Waals surface area (Å²) < 4.78 is 5.91. The summed E-state index contributed by atoms with van der Waals surface area (Å²) in [5.41, 5.74) is 12.0. The summed E-state index contributed by atoms with van der Waals surface area (Å²) in [6, 6.07) is 19.3. The Bertz CT molecular complexity index is 477. The van der Waals surface area contributed by atoms with Crippen molar-refractivity contribution in [2.45, 2.75) is 18.7 Å². The van der Waals surface area contributed by atoms with Crippen LogP contribution in [0.15, 0.2) is 60.7 Å². The second-order valence-corrected chi connectivity index (χ2v) is 4.59. The van der Waals surface area contributed by atoms with E-state index in [9.17, 15) is 0 Å². The van der Waals surface area contributed by atoms with Crippen molar-refractivity contribution >= 4 is 0 Å². The third-order valence-corrected chi connectivity index (χ3v) is 2.66. The Balaban J connectivity index is 2.28. The van der Waals surface area contributed by atoms with Crippen molar-refractivity contribution in [2.75, 3.05) is 0 Å². The predicted molar refractivity (Wildman–Crippen MR) is 73.0 cm³/mol. The number of para-hydroxylation sites is 1. The number of benzene rings is 2. The van der Waals surface area contributed by atoms with E-state index in [1.807, 2.05) is 60.7 Å². The fourth-order valence-corrected chi connectivity index (χ4v) is 1.82. The van der Waals surface area contributed by atoms with Crippen LogP contribution >= 0.6 is 0 Å². The van der Waals surface area contributed by atoms with E-state index in [4.69, 9.17) is 16.2 Å². The Morgan fingerprint density at radius 3 is 1.89 bits per heavy atom. The predicted octanol–water partition coefficient (Wildman–Crippen LogP) is 2.44. The quantitative estimate of drug-likeness (QED) is 0.809. The van der Waals surface area contributed by atoms with E-state index in [0.29, 0.717) is 0 Å². The molecule has 0 aliphatic heterocycles. The molecule has 0 spiro atoms. The Kier molecular flexibility index (Phi) is 3.65. The van der Waals surface area contributed by atoms with Crippen molar-refractivity contribution in [2.24, 2.45) is 11.5 Å². The molecule has 3 nitrogen and oxygen atoms in total. The zero-order valence-corrected chi connectivity index (χ0v) is 10.4. The molecule has 0 saturated heterocycles. The minimum Gasteiger partial charge on any atom is -0.482 e. The largest absolute Gasteiger partial charge is 0.482 e. The van der Waals surface area contributed by atoms with Crippen molar-refractivity contribution in [1.82, 2.24) is 0 Å². The standard InChI is InChI=1S/C15H18N2O/c1-15(16,17)14(12-8-4-2-5-9-12)18-13-10-6-3-7-11-13/h2-11,14H,16-17H2,1H3. The van der Waals surface area contributed by atoms with E-state index in [-0.39, 0.29) is 6.10 Å². The molecule has 4 N–H and O–H groups in total. The first-order chi connectivity index (χ1) is 8.57. The van der Waals surface area contributed by atoms with Crippen molar-refractivity contribution in [3.05, 3.63) is 66.2 Å². The van der Waals surface area contributed by atoms with Gasteiger partial charge in [0.05, 0.1) is 0 Å². The van der Waals surface area contributed by atoms with E-state index in [1.165, 1.54) is 0 Å². The van der Waals surface area contributed by atoms with Gasteiger partial charge in [-0.2, -0.15) is 0 Å². The first-order valence-electron chi connectivity index (χ1n) is 5.92. The van der Waals surface area contributed by atoms with Crippen LogP contribution in [0.4, 0.5) is 0 Å². The lowest BCUT2D eigenvalue weighted by Gasteiger charge is -2.31. The topological polar surface area (TPSA) is 61.3 Å². The van der Waals surface area contributed by atoms with Crippen molar-refractivity contribution < 1.29 is 4.74 Å². The van der Waals surface area contributed by atoms with Crippen molar-refractivity contribution in [3.63, 3.8) is 0 Å². The van der Waals surface area contributed by atoms with Gasteiger partial charge in [-0.05, 0) is 24.6 Å². The van der Waals surface area contributed by atoms with Crippen LogP contribution in [0.5, 0.6) is 5.75 Å². The number of rotatable bonds is 4. The molecule has 2 aromatic rings. The summed E-state index contributed by atoms with van der Waals surface area (Å²) in [6.07, 6.45) is -0.388. The number of hydrogen-bond acceptors (Lipinski definition) is 3. The molecule has 2 rings (SSSR count). The van der Waals surface area contributed by atoms with Crippen LogP contribution < -0.4 is 16.2 Å². The van der Waals surface area contributed by atoms with Crippen LogP contribution in [0.25, 0.3) is 0 Å². The highest BCUT2D eigenvalue weighted by molar-refractivity contribution is 5.26. The smallest absolute Gasteiger partial charge is 0.154 e.